The van der Waals surface area contributed by atoms with Crippen LogP contribution in [0.1, 0.15) is 27.9 Å². The van der Waals surface area contributed by atoms with Gasteiger partial charge in [0, 0.05) is 0 Å². The van der Waals surface area contributed by atoms with Crippen LogP contribution in [0.3, 0.4) is 0 Å². The molecule has 0 saturated carbocycles. The van der Waals surface area contributed by atoms with E-state index in [0.717, 1.165) is 16.8 Å². The van der Waals surface area contributed by atoms with E-state index >= 15 is 0 Å². The number of carbonyl (C=O) groups excluding carboxylic acids is 1. The molecule has 2 aromatic carbocycles. The van der Waals surface area contributed by atoms with Crippen molar-refractivity contribution in [3.05, 3.63) is 81.6 Å². The number of aryl methyl sites for hydroxylation is 3. The first-order valence-electron chi connectivity index (χ1n) is 9.22. The second kappa shape index (κ2) is 9.39. The highest BCUT2D eigenvalue weighted by molar-refractivity contribution is 6.32. The van der Waals surface area contributed by atoms with Gasteiger partial charge in [-0.1, -0.05) is 53.6 Å². The summed E-state index contributed by atoms with van der Waals surface area (Å²) >= 11 is 6.45. The number of hydrogen-bond acceptors (Lipinski definition) is 4. The fourth-order valence-electron chi connectivity index (χ4n) is 2.74. The number of amides is 1. The monoisotopic (exact) mass is 410 g/mol. The zero-order valence-electron chi connectivity index (χ0n) is 16.6. The molecular weight excluding hydrogens is 388 g/mol. The Kier molecular flexibility index (Phi) is 6.67. The van der Waals surface area contributed by atoms with Crippen LogP contribution in [-0.4, -0.2) is 28.5 Å². The topological polar surface area (TPSA) is 68.5 Å². The number of halogens is 1. The molecule has 3 rings (SSSR count). The van der Waals surface area contributed by atoms with E-state index in [-0.39, 0.29) is 12.5 Å². The molecule has 7 heteroatoms. The maximum Gasteiger partial charge on any atom is 0.277 e. The van der Waals surface area contributed by atoms with E-state index in [1.165, 1.54) is 11.8 Å². The first-order valence-corrected chi connectivity index (χ1v) is 9.60. The fourth-order valence-corrected chi connectivity index (χ4v) is 3.02. The fraction of sp³-hybridized carbons (Fsp3) is 0.227. The van der Waals surface area contributed by atoms with Gasteiger partial charge in [-0.2, -0.15) is 10.2 Å². The van der Waals surface area contributed by atoms with Crippen molar-refractivity contribution in [2.24, 2.45) is 5.10 Å². The highest BCUT2D eigenvalue weighted by Crippen LogP contribution is 2.19. The van der Waals surface area contributed by atoms with Crippen molar-refractivity contribution in [3.63, 3.8) is 0 Å². The molecule has 0 fully saturated rings. The van der Waals surface area contributed by atoms with Crippen LogP contribution in [0.25, 0.3) is 0 Å². The number of hydrazone groups is 1. The Hall–Kier alpha value is -3.12. The van der Waals surface area contributed by atoms with Gasteiger partial charge in [-0.3, -0.25) is 4.79 Å². The summed E-state index contributed by atoms with van der Waals surface area (Å²) in [6, 6.07) is 15.7. The zero-order valence-corrected chi connectivity index (χ0v) is 17.4. The molecule has 1 aromatic heterocycles. The average molecular weight is 411 g/mol. The number of nitrogens with one attached hydrogen (secondary N) is 1. The highest BCUT2D eigenvalue weighted by Gasteiger charge is 2.12. The third-order valence-electron chi connectivity index (χ3n) is 4.30. The lowest BCUT2D eigenvalue weighted by molar-refractivity contribution is -0.123. The van der Waals surface area contributed by atoms with Gasteiger partial charge in [-0.05, 0) is 44.0 Å². The maximum atomic E-state index is 11.9. The van der Waals surface area contributed by atoms with Crippen LogP contribution in [0.4, 0.5) is 0 Å². The quantitative estimate of drug-likeness (QED) is 0.472. The third-order valence-corrected chi connectivity index (χ3v) is 4.70. The summed E-state index contributed by atoms with van der Waals surface area (Å²) in [6.07, 6.45) is 1.50. The molecule has 150 valence electrons. The summed E-state index contributed by atoms with van der Waals surface area (Å²) in [4.78, 5) is 11.9. The highest BCUT2D eigenvalue weighted by atomic mass is 35.5. The predicted molar refractivity (Wildman–Crippen MR) is 115 cm³/mol. The molecule has 0 radical (unpaired) electrons. The molecule has 1 heterocycles. The Morgan fingerprint density at radius 2 is 1.93 bits per heavy atom. The zero-order chi connectivity index (χ0) is 20.8. The van der Waals surface area contributed by atoms with E-state index in [1.54, 1.807) is 10.7 Å². The Morgan fingerprint density at radius 3 is 2.66 bits per heavy atom. The van der Waals surface area contributed by atoms with Gasteiger partial charge in [-0.25, -0.2) is 10.1 Å². The Labute approximate surface area is 175 Å². The van der Waals surface area contributed by atoms with Crippen LogP contribution in [0.5, 0.6) is 5.75 Å². The van der Waals surface area contributed by atoms with E-state index in [1.807, 2.05) is 51.1 Å². The molecule has 0 saturated heterocycles. The molecular formula is C22H23ClN4O2. The van der Waals surface area contributed by atoms with E-state index < -0.39 is 0 Å². The van der Waals surface area contributed by atoms with Gasteiger partial charge in [0.1, 0.15) is 10.9 Å². The normalized spacial score (nSPS) is 11.0. The van der Waals surface area contributed by atoms with Gasteiger partial charge in [0.2, 0.25) is 0 Å². The van der Waals surface area contributed by atoms with Crippen molar-refractivity contribution >= 4 is 23.7 Å². The van der Waals surface area contributed by atoms with E-state index in [0.29, 0.717) is 23.0 Å². The van der Waals surface area contributed by atoms with Crippen molar-refractivity contribution in [1.29, 1.82) is 0 Å². The molecule has 0 atom stereocenters. The molecule has 0 aliphatic rings. The lowest BCUT2D eigenvalue weighted by atomic mass is 10.1. The van der Waals surface area contributed by atoms with E-state index in [9.17, 15) is 4.79 Å². The SMILES string of the molecule is Cc1ccc(Cn2nc(C)c(/C=N\NC(=O)COc3cccc(C)c3)c2Cl)cc1. The van der Waals surface area contributed by atoms with E-state index in [2.05, 4.69) is 27.8 Å². The molecule has 0 aliphatic heterocycles. The number of hydrogen-bond donors (Lipinski definition) is 1. The van der Waals surface area contributed by atoms with Crippen molar-refractivity contribution in [2.75, 3.05) is 6.61 Å². The molecule has 3 aromatic rings. The minimum Gasteiger partial charge on any atom is -0.484 e. The largest absolute Gasteiger partial charge is 0.484 e. The maximum absolute atomic E-state index is 11.9. The lowest BCUT2D eigenvalue weighted by Gasteiger charge is -2.05. The van der Waals surface area contributed by atoms with Crippen molar-refractivity contribution in [3.8, 4) is 5.75 Å². The summed E-state index contributed by atoms with van der Waals surface area (Å²) < 4.78 is 7.16. The summed E-state index contributed by atoms with van der Waals surface area (Å²) in [5, 5.41) is 8.92. The minimum absolute atomic E-state index is 0.125. The number of rotatable bonds is 7. The van der Waals surface area contributed by atoms with Gasteiger partial charge < -0.3 is 4.74 Å². The lowest BCUT2D eigenvalue weighted by Crippen LogP contribution is -2.24. The van der Waals surface area contributed by atoms with Gasteiger partial charge >= 0.3 is 0 Å². The molecule has 0 bridgehead atoms. The van der Waals surface area contributed by atoms with Crippen LogP contribution < -0.4 is 10.2 Å². The number of nitrogens with zero attached hydrogens (tertiary/aromatic N) is 3. The molecule has 1 N–H and O–H groups in total. The summed E-state index contributed by atoms with van der Waals surface area (Å²) in [5.41, 5.74) is 7.21. The Balaban J connectivity index is 1.58. The summed E-state index contributed by atoms with van der Waals surface area (Å²) in [7, 11) is 0. The van der Waals surface area contributed by atoms with Crippen molar-refractivity contribution in [2.45, 2.75) is 27.3 Å². The Bertz CT molecular complexity index is 1030. The molecule has 0 aliphatic carbocycles. The number of aromatic nitrogens is 2. The van der Waals surface area contributed by atoms with Crippen molar-refractivity contribution < 1.29 is 9.53 Å². The standard InChI is InChI=1S/C22H23ClN4O2/c1-15-7-9-18(10-8-15)13-27-22(23)20(17(3)26-27)12-24-25-21(28)14-29-19-6-4-5-16(2)11-19/h4-12H,13-14H2,1-3H3,(H,25,28)/b24-12-. The molecule has 0 spiro atoms. The smallest absolute Gasteiger partial charge is 0.277 e. The van der Waals surface area contributed by atoms with Crippen molar-refractivity contribution in [1.82, 2.24) is 15.2 Å². The summed E-state index contributed by atoms with van der Waals surface area (Å²) in [6.45, 7) is 6.29. The first-order chi connectivity index (χ1) is 13.9. The van der Waals surface area contributed by atoms with Crippen LogP contribution in [-0.2, 0) is 11.3 Å². The Morgan fingerprint density at radius 1 is 1.17 bits per heavy atom. The number of ether oxygens (including phenoxy) is 1. The molecule has 1 amide bonds. The summed E-state index contributed by atoms with van der Waals surface area (Å²) in [5.74, 6) is 0.281. The number of carbonyl (C=O) groups is 1. The van der Waals surface area contributed by atoms with E-state index in [4.69, 9.17) is 16.3 Å². The van der Waals surface area contributed by atoms with Gasteiger partial charge in [-0.15, -0.1) is 0 Å². The average Bonchev–Trinajstić information content (AvgIpc) is 2.95. The molecule has 0 unspecified atom stereocenters. The second-order valence-corrected chi connectivity index (χ2v) is 7.19. The first kappa shape index (κ1) is 20.6. The minimum atomic E-state index is -0.358. The third kappa shape index (κ3) is 5.68. The van der Waals surface area contributed by atoms with Crippen LogP contribution in [0, 0.1) is 20.8 Å². The molecule has 6 nitrogen and oxygen atoms in total. The van der Waals surface area contributed by atoms with Gasteiger partial charge in [0.05, 0.1) is 24.0 Å². The van der Waals surface area contributed by atoms with Gasteiger partial charge in [0.15, 0.2) is 6.61 Å². The van der Waals surface area contributed by atoms with Crippen LogP contribution in [0.15, 0.2) is 53.6 Å². The van der Waals surface area contributed by atoms with Gasteiger partial charge in [0.25, 0.3) is 5.91 Å². The predicted octanol–water partition coefficient (Wildman–Crippen LogP) is 4.04. The second-order valence-electron chi connectivity index (χ2n) is 6.83. The van der Waals surface area contributed by atoms with Crippen LogP contribution >= 0.6 is 11.6 Å². The number of benzene rings is 2. The van der Waals surface area contributed by atoms with Crippen LogP contribution in [0.2, 0.25) is 5.15 Å². The molecule has 29 heavy (non-hydrogen) atoms.